The fourth-order valence-electron chi connectivity index (χ4n) is 0.504. The van der Waals surface area contributed by atoms with Crippen LogP contribution in [0.3, 0.4) is 0 Å². The van der Waals surface area contributed by atoms with Crippen molar-refractivity contribution in [3.63, 3.8) is 0 Å². The molecule has 0 saturated heterocycles. The molecule has 0 N–H and O–H groups in total. The summed E-state index contributed by atoms with van der Waals surface area (Å²) in [7, 11) is 1.63. The molecular weight excluding hydrogens is 295 g/mol. The van der Waals surface area contributed by atoms with Gasteiger partial charge in [0.1, 0.15) is 0 Å². The first kappa shape index (κ1) is 8.71. The Balaban J connectivity index is 0.000000640. The van der Waals surface area contributed by atoms with Gasteiger partial charge in [-0.2, -0.15) is 18.2 Å². The van der Waals surface area contributed by atoms with Gasteiger partial charge in [0.05, 0.1) is 7.11 Å². The molecule has 1 aromatic carbocycles. The van der Waals surface area contributed by atoms with Crippen LogP contribution in [-0.4, -0.2) is 7.11 Å². The first-order valence-corrected chi connectivity index (χ1v) is 2.44. The number of benzene rings is 1. The van der Waals surface area contributed by atoms with E-state index in [4.69, 9.17) is 4.74 Å². The zero-order valence-electron chi connectivity index (χ0n) is 5.03. The van der Waals surface area contributed by atoms with Crippen molar-refractivity contribution in [1.29, 1.82) is 0 Å². The second kappa shape index (κ2) is 4.57. The van der Waals surface area contributed by atoms with Crippen LogP contribution >= 0.6 is 0 Å². The average Bonchev–Trinajstić information content (AvgIpc) is 1.90. The molecule has 52 valence electrons. The number of ether oxygens (including phenoxy) is 1. The predicted molar refractivity (Wildman–Crippen MR) is 31.8 cm³/mol. The molecule has 2 heteroatoms. The topological polar surface area (TPSA) is 9.23 Å². The van der Waals surface area contributed by atoms with Crippen LogP contribution in [-0.2, 0) is 21.1 Å². The second-order valence-corrected chi connectivity index (χ2v) is 1.43. The van der Waals surface area contributed by atoms with Gasteiger partial charge >= 0.3 is 0 Å². The molecule has 1 rings (SSSR count). The fraction of sp³-hybridized carbons (Fsp3) is 0.143. The standard InChI is InChI=1S/C7H7O.Pt/c1-8-7-5-3-2-4-6-7;/h2-5H,1H3;/q-1;. The summed E-state index contributed by atoms with van der Waals surface area (Å²) in [5.74, 6) is 0.785. The first-order valence-electron chi connectivity index (χ1n) is 2.44. The molecule has 0 aromatic heterocycles. The Bertz CT molecular complexity index is 150. The van der Waals surface area contributed by atoms with Gasteiger partial charge in [-0.25, -0.2) is 0 Å². The molecule has 0 bridgehead atoms. The van der Waals surface area contributed by atoms with Gasteiger partial charge in [0, 0.05) is 26.8 Å². The minimum Gasteiger partial charge on any atom is -0.523 e. The van der Waals surface area contributed by atoms with E-state index in [9.17, 15) is 0 Å². The van der Waals surface area contributed by atoms with Crippen molar-refractivity contribution in [2.45, 2.75) is 0 Å². The predicted octanol–water partition coefficient (Wildman–Crippen LogP) is 1.49. The Morgan fingerprint density at radius 3 is 2.56 bits per heavy atom. The van der Waals surface area contributed by atoms with Gasteiger partial charge in [0.15, 0.2) is 0 Å². The molecule has 0 atom stereocenters. The van der Waals surface area contributed by atoms with Gasteiger partial charge < -0.3 is 4.74 Å². The van der Waals surface area contributed by atoms with E-state index in [1.165, 1.54) is 0 Å². The fourth-order valence-corrected chi connectivity index (χ4v) is 0.504. The third-order valence-corrected chi connectivity index (χ3v) is 0.900. The van der Waals surface area contributed by atoms with Crippen LogP contribution in [0.2, 0.25) is 0 Å². The smallest absolute Gasteiger partial charge is 0.0743 e. The summed E-state index contributed by atoms with van der Waals surface area (Å²) in [4.78, 5) is 0. The quantitative estimate of drug-likeness (QED) is 0.714. The maximum absolute atomic E-state index is 4.86. The van der Waals surface area contributed by atoms with E-state index in [1.807, 2.05) is 24.3 Å². The third-order valence-electron chi connectivity index (χ3n) is 0.900. The molecule has 9 heavy (non-hydrogen) atoms. The Labute approximate surface area is 69.3 Å². The summed E-state index contributed by atoms with van der Waals surface area (Å²) in [6.07, 6.45) is 0. The summed E-state index contributed by atoms with van der Waals surface area (Å²) < 4.78 is 4.86. The minimum atomic E-state index is 0. The zero-order valence-corrected chi connectivity index (χ0v) is 7.31. The molecule has 0 fully saturated rings. The Kier molecular flexibility index (Phi) is 4.43. The summed E-state index contributed by atoms with van der Waals surface area (Å²) >= 11 is 0. The van der Waals surface area contributed by atoms with Crippen LogP contribution < -0.4 is 4.74 Å². The SMILES string of the molecule is COc1[c-]cccc1.[Pt]. The molecule has 0 aliphatic carbocycles. The van der Waals surface area contributed by atoms with Crippen LogP contribution in [0, 0.1) is 6.07 Å². The Morgan fingerprint density at radius 1 is 1.44 bits per heavy atom. The number of hydrogen-bond donors (Lipinski definition) is 0. The van der Waals surface area contributed by atoms with Crippen molar-refractivity contribution in [2.24, 2.45) is 0 Å². The van der Waals surface area contributed by atoms with Crippen molar-refractivity contribution >= 4 is 0 Å². The monoisotopic (exact) mass is 302 g/mol. The van der Waals surface area contributed by atoms with E-state index in [2.05, 4.69) is 6.07 Å². The normalized spacial score (nSPS) is 7.67. The van der Waals surface area contributed by atoms with Crippen LogP contribution in [0.15, 0.2) is 24.3 Å². The van der Waals surface area contributed by atoms with Crippen LogP contribution in [0.1, 0.15) is 0 Å². The number of rotatable bonds is 1. The average molecular weight is 302 g/mol. The van der Waals surface area contributed by atoms with E-state index in [0.717, 1.165) is 5.75 Å². The van der Waals surface area contributed by atoms with E-state index in [-0.39, 0.29) is 21.1 Å². The molecule has 1 nitrogen and oxygen atoms in total. The molecule has 0 radical (unpaired) electrons. The van der Waals surface area contributed by atoms with Crippen molar-refractivity contribution in [3.05, 3.63) is 30.3 Å². The zero-order chi connectivity index (χ0) is 5.82. The van der Waals surface area contributed by atoms with Crippen LogP contribution in [0.25, 0.3) is 0 Å². The van der Waals surface area contributed by atoms with E-state index in [0.29, 0.717) is 0 Å². The number of methoxy groups -OCH3 is 1. The van der Waals surface area contributed by atoms with Crippen LogP contribution in [0.4, 0.5) is 0 Å². The number of para-hydroxylation sites is 1. The van der Waals surface area contributed by atoms with Gasteiger partial charge in [-0.1, -0.05) is 0 Å². The van der Waals surface area contributed by atoms with Crippen molar-refractivity contribution in [3.8, 4) is 5.75 Å². The summed E-state index contributed by atoms with van der Waals surface area (Å²) in [6.45, 7) is 0. The van der Waals surface area contributed by atoms with Crippen molar-refractivity contribution in [1.82, 2.24) is 0 Å². The molecule has 0 amide bonds. The summed E-state index contributed by atoms with van der Waals surface area (Å²) in [6, 6.07) is 10.4. The minimum absolute atomic E-state index is 0. The second-order valence-electron chi connectivity index (χ2n) is 1.43. The van der Waals surface area contributed by atoms with Gasteiger partial charge in [0.2, 0.25) is 0 Å². The van der Waals surface area contributed by atoms with Gasteiger partial charge in [-0.3, -0.25) is 0 Å². The molecule has 1 aromatic rings. The van der Waals surface area contributed by atoms with E-state index >= 15 is 0 Å². The van der Waals surface area contributed by atoms with E-state index < -0.39 is 0 Å². The molecule has 0 spiro atoms. The molecule has 0 unspecified atom stereocenters. The Morgan fingerprint density at radius 2 is 2.22 bits per heavy atom. The van der Waals surface area contributed by atoms with Crippen molar-refractivity contribution < 1.29 is 25.8 Å². The largest absolute Gasteiger partial charge is 0.523 e. The third kappa shape index (κ3) is 2.66. The van der Waals surface area contributed by atoms with E-state index in [1.54, 1.807) is 7.11 Å². The molecule has 0 saturated carbocycles. The van der Waals surface area contributed by atoms with Crippen molar-refractivity contribution in [2.75, 3.05) is 7.11 Å². The maximum Gasteiger partial charge on any atom is 0.0743 e. The molecular formula is C7H7OPt-. The first-order chi connectivity index (χ1) is 3.93. The number of hydrogen-bond acceptors (Lipinski definition) is 1. The molecule has 0 aliphatic rings. The molecule has 0 aliphatic heterocycles. The van der Waals surface area contributed by atoms with Gasteiger partial charge in [-0.05, 0) is 0 Å². The summed E-state index contributed by atoms with van der Waals surface area (Å²) in [5, 5.41) is 0. The Hall–Kier alpha value is -0.292. The van der Waals surface area contributed by atoms with Gasteiger partial charge in [0.25, 0.3) is 0 Å². The maximum atomic E-state index is 4.86. The van der Waals surface area contributed by atoms with Crippen LogP contribution in [0.5, 0.6) is 5.75 Å². The molecule has 0 heterocycles. The van der Waals surface area contributed by atoms with Gasteiger partial charge in [-0.15, -0.1) is 12.1 Å². The summed E-state index contributed by atoms with van der Waals surface area (Å²) in [5.41, 5.74) is 0.